The second-order valence-electron chi connectivity index (χ2n) is 1.90. The van der Waals surface area contributed by atoms with Gasteiger partial charge in [0.25, 0.3) is 0 Å². The van der Waals surface area contributed by atoms with E-state index < -0.39 is 0 Å². The molecule has 0 saturated carbocycles. The van der Waals surface area contributed by atoms with E-state index in [0.29, 0.717) is 0 Å². The van der Waals surface area contributed by atoms with Gasteiger partial charge in [-0.3, -0.25) is 0 Å². The maximum absolute atomic E-state index is 2.94. The lowest BCUT2D eigenvalue weighted by molar-refractivity contribution is 0.980. The van der Waals surface area contributed by atoms with E-state index in [2.05, 4.69) is 25.7 Å². The third-order valence-corrected chi connectivity index (χ3v) is 1.33. The van der Waals surface area contributed by atoms with Crippen LogP contribution in [0.4, 0.5) is 0 Å². The first-order chi connectivity index (χ1) is 4.35. The number of rotatable bonds is 2. The molecule has 0 aliphatic rings. The van der Waals surface area contributed by atoms with Crippen molar-refractivity contribution in [3.63, 3.8) is 0 Å². The Hall–Kier alpha value is -0.700. The SMILES string of the molecule is CC#CC=C(CC)CC. The summed E-state index contributed by atoms with van der Waals surface area (Å²) in [5, 5.41) is 0. The highest BCUT2D eigenvalue weighted by atomic mass is 13.9. The summed E-state index contributed by atoms with van der Waals surface area (Å²) < 4.78 is 0. The topological polar surface area (TPSA) is 0 Å². The molecule has 0 rings (SSSR count). The molecule has 0 N–H and O–H groups in total. The Bertz CT molecular complexity index is 135. The van der Waals surface area contributed by atoms with E-state index in [0.717, 1.165) is 12.8 Å². The zero-order valence-electron chi connectivity index (χ0n) is 6.49. The van der Waals surface area contributed by atoms with Crippen molar-refractivity contribution in [1.82, 2.24) is 0 Å². The van der Waals surface area contributed by atoms with E-state index in [4.69, 9.17) is 0 Å². The molecule has 0 spiro atoms. The minimum atomic E-state index is 1.13. The molecule has 0 aliphatic carbocycles. The zero-order chi connectivity index (χ0) is 7.11. The van der Waals surface area contributed by atoms with Gasteiger partial charge in [0.1, 0.15) is 0 Å². The van der Waals surface area contributed by atoms with Crippen molar-refractivity contribution in [3.05, 3.63) is 11.6 Å². The van der Waals surface area contributed by atoms with Gasteiger partial charge in [-0.15, -0.1) is 5.92 Å². The van der Waals surface area contributed by atoms with E-state index >= 15 is 0 Å². The van der Waals surface area contributed by atoms with Crippen molar-refractivity contribution in [2.75, 3.05) is 0 Å². The Morgan fingerprint density at radius 1 is 1.33 bits per heavy atom. The molecule has 0 fully saturated rings. The van der Waals surface area contributed by atoms with E-state index in [1.54, 1.807) is 0 Å². The van der Waals surface area contributed by atoms with E-state index in [1.165, 1.54) is 5.57 Å². The molecule has 0 amide bonds. The van der Waals surface area contributed by atoms with Crippen LogP contribution in [0.2, 0.25) is 0 Å². The predicted octanol–water partition coefficient (Wildman–Crippen LogP) is 2.76. The van der Waals surface area contributed by atoms with Crippen LogP contribution in [0.5, 0.6) is 0 Å². The molecule has 0 aromatic rings. The second-order valence-corrected chi connectivity index (χ2v) is 1.90. The summed E-state index contributed by atoms with van der Waals surface area (Å²) in [7, 11) is 0. The molecule has 0 radical (unpaired) electrons. The summed E-state index contributed by atoms with van der Waals surface area (Å²) >= 11 is 0. The van der Waals surface area contributed by atoms with Crippen LogP contribution in [0.15, 0.2) is 11.6 Å². The van der Waals surface area contributed by atoms with Crippen molar-refractivity contribution >= 4 is 0 Å². The summed E-state index contributed by atoms with van der Waals surface area (Å²) in [5.41, 5.74) is 1.43. The van der Waals surface area contributed by atoms with Crippen LogP contribution >= 0.6 is 0 Å². The maximum atomic E-state index is 2.94. The summed E-state index contributed by atoms with van der Waals surface area (Å²) in [6.45, 7) is 6.18. The fourth-order valence-electron chi connectivity index (χ4n) is 0.628. The Kier molecular flexibility index (Phi) is 5.01. The second kappa shape index (κ2) is 5.44. The summed E-state index contributed by atoms with van der Waals surface area (Å²) in [6.07, 6.45) is 4.27. The lowest BCUT2D eigenvalue weighted by Crippen LogP contribution is -1.74. The van der Waals surface area contributed by atoms with Crippen molar-refractivity contribution in [2.24, 2.45) is 0 Å². The summed E-state index contributed by atoms with van der Waals surface area (Å²) in [6, 6.07) is 0. The molecule has 50 valence electrons. The Labute approximate surface area is 58.0 Å². The minimum absolute atomic E-state index is 1.13. The molecule has 0 bridgehead atoms. The van der Waals surface area contributed by atoms with Gasteiger partial charge in [0.15, 0.2) is 0 Å². The summed E-state index contributed by atoms with van der Waals surface area (Å²) in [5.74, 6) is 5.78. The molecule has 0 aromatic heterocycles. The minimum Gasteiger partial charge on any atom is -0.102 e. The van der Waals surface area contributed by atoms with Crippen molar-refractivity contribution < 1.29 is 0 Å². The van der Waals surface area contributed by atoms with Gasteiger partial charge in [-0.05, 0) is 25.8 Å². The standard InChI is InChI=1S/C9H14/c1-4-7-8-9(5-2)6-3/h8H,5-6H2,1-3H3. The molecule has 0 atom stereocenters. The largest absolute Gasteiger partial charge is 0.102 e. The quantitative estimate of drug-likeness (QED) is 0.494. The monoisotopic (exact) mass is 122 g/mol. The fraction of sp³-hybridized carbons (Fsp3) is 0.556. The van der Waals surface area contributed by atoms with Crippen LogP contribution in [0, 0.1) is 11.8 Å². The molecule has 0 aliphatic heterocycles. The van der Waals surface area contributed by atoms with Crippen LogP contribution in [-0.4, -0.2) is 0 Å². The highest BCUT2D eigenvalue weighted by Gasteiger charge is 1.84. The first-order valence-electron chi connectivity index (χ1n) is 3.45. The molecule has 0 nitrogen and oxygen atoms in total. The molecule has 0 heteroatoms. The first-order valence-corrected chi connectivity index (χ1v) is 3.45. The third kappa shape index (κ3) is 3.85. The Balaban J connectivity index is 3.86. The van der Waals surface area contributed by atoms with Crippen molar-refractivity contribution in [2.45, 2.75) is 33.6 Å². The zero-order valence-corrected chi connectivity index (χ0v) is 6.49. The van der Waals surface area contributed by atoms with Gasteiger partial charge in [-0.2, -0.15) is 0 Å². The Morgan fingerprint density at radius 3 is 2.22 bits per heavy atom. The molecule has 0 heterocycles. The van der Waals surface area contributed by atoms with Crippen molar-refractivity contribution in [3.8, 4) is 11.8 Å². The van der Waals surface area contributed by atoms with Crippen LogP contribution in [-0.2, 0) is 0 Å². The predicted molar refractivity (Wildman–Crippen MR) is 42.1 cm³/mol. The van der Waals surface area contributed by atoms with E-state index in [-0.39, 0.29) is 0 Å². The molecule has 0 saturated heterocycles. The van der Waals surface area contributed by atoms with Gasteiger partial charge in [0.2, 0.25) is 0 Å². The number of hydrogen-bond donors (Lipinski definition) is 0. The molecule has 0 unspecified atom stereocenters. The maximum Gasteiger partial charge on any atom is -0.00235 e. The van der Waals surface area contributed by atoms with Gasteiger partial charge < -0.3 is 0 Å². The molecule has 0 aromatic carbocycles. The van der Waals surface area contributed by atoms with Crippen LogP contribution in [0.25, 0.3) is 0 Å². The van der Waals surface area contributed by atoms with Gasteiger partial charge in [-0.1, -0.05) is 25.3 Å². The highest BCUT2D eigenvalue weighted by Crippen LogP contribution is 2.03. The normalized spacial score (nSPS) is 7.44. The van der Waals surface area contributed by atoms with Gasteiger partial charge in [0, 0.05) is 0 Å². The first kappa shape index (κ1) is 8.30. The highest BCUT2D eigenvalue weighted by molar-refractivity contribution is 5.19. The average molecular weight is 122 g/mol. The molecule has 9 heavy (non-hydrogen) atoms. The van der Waals surface area contributed by atoms with Crippen LogP contribution < -0.4 is 0 Å². The van der Waals surface area contributed by atoms with Crippen LogP contribution in [0.3, 0.4) is 0 Å². The number of hydrogen-bond acceptors (Lipinski definition) is 0. The average Bonchev–Trinajstić information content (AvgIpc) is 1.91. The van der Waals surface area contributed by atoms with E-state index in [1.807, 2.05) is 13.0 Å². The van der Waals surface area contributed by atoms with Gasteiger partial charge >= 0.3 is 0 Å². The lowest BCUT2D eigenvalue weighted by atomic mass is 10.1. The van der Waals surface area contributed by atoms with Gasteiger partial charge in [-0.25, -0.2) is 0 Å². The van der Waals surface area contributed by atoms with E-state index in [9.17, 15) is 0 Å². The lowest BCUT2D eigenvalue weighted by Gasteiger charge is -1.93. The number of allylic oxidation sites excluding steroid dienone is 2. The molecular weight excluding hydrogens is 108 g/mol. The van der Waals surface area contributed by atoms with Crippen LogP contribution in [0.1, 0.15) is 33.6 Å². The Morgan fingerprint density at radius 2 is 1.89 bits per heavy atom. The van der Waals surface area contributed by atoms with Gasteiger partial charge in [0.05, 0.1) is 0 Å². The third-order valence-electron chi connectivity index (χ3n) is 1.33. The smallest absolute Gasteiger partial charge is 0.00235 e. The fourth-order valence-corrected chi connectivity index (χ4v) is 0.628. The molecular formula is C9H14. The summed E-state index contributed by atoms with van der Waals surface area (Å²) in [4.78, 5) is 0. The van der Waals surface area contributed by atoms with Crippen molar-refractivity contribution in [1.29, 1.82) is 0 Å².